The van der Waals surface area contributed by atoms with Gasteiger partial charge in [0.1, 0.15) is 5.75 Å². The lowest BCUT2D eigenvalue weighted by molar-refractivity contribution is 0.0735. The number of ether oxygens (including phenoxy) is 1. The summed E-state index contributed by atoms with van der Waals surface area (Å²) in [5.74, 6) is 0.227. The van der Waals surface area contributed by atoms with E-state index in [1.165, 1.54) is 0 Å². The van der Waals surface area contributed by atoms with Crippen LogP contribution in [-0.2, 0) is 0 Å². The highest BCUT2D eigenvalue weighted by Gasteiger charge is 2.13. The fourth-order valence-corrected chi connectivity index (χ4v) is 2.81. The molecule has 3 aromatic carbocycles. The van der Waals surface area contributed by atoms with E-state index < -0.39 is 0 Å². The van der Waals surface area contributed by atoms with Gasteiger partial charge in [0, 0.05) is 9.13 Å². The first-order valence-corrected chi connectivity index (χ1v) is 8.36. The molecule has 0 aliphatic rings. The third-order valence-corrected chi connectivity index (χ3v) is 4.74. The van der Waals surface area contributed by atoms with Gasteiger partial charge in [-0.05, 0) is 58.8 Å². The average molecular weight is 414 g/mol. The second-order valence-electron chi connectivity index (χ2n) is 5.22. The largest absolute Gasteiger partial charge is 0.422 e. The Labute approximate surface area is 149 Å². The van der Waals surface area contributed by atoms with Gasteiger partial charge in [-0.3, -0.25) is 0 Å². The fraction of sp³-hybridized carbons (Fsp3) is 0.0500. The number of halogens is 1. The maximum absolute atomic E-state index is 12.4. The van der Waals surface area contributed by atoms with Crippen molar-refractivity contribution < 1.29 is 9.53 Å². The van der Waals surface area contributed by atoms with Crippen LogP contribution < -0.4 is 4.74 Å². The minimum Gasteiger partial charge on any atom is -0.422 e. The molecule has 23 heavy (non-hydrogen) atoms. The third-order valence-electron chi connectivity index (χ3n) is 3.58. The Kier molecular flexibility index (Phi) is 4.76. The number of aryl methyl sites for hydroxylation is 1. The molecule has 0 aliphatic carbocycles. The summed E-state index contributed by atoms with van der Waals surface area (Å²) in [6, 6.07) is 23.1. The quantitative estimate of drug-likeness (QED) is 0.322. The van der Waals surface area contributed by atoms with Crippen molar-refractivity contribution in [3.8, 4) is 16.9 Å². The number of carbonyl (C=O) groups is 1. The number of carbonyl (C=O) groups excluding carboxylic acids is 1. The molecule has 0 amide bonds. The SMILES string of the molecule is Cc1ccc(C(=O)Oc2ccccc2-c2ccccc2)cc1I. The molecule has 0 radical (unpaired) electrons. The van der Waals surface area contributed by atoms with E-state index >= 15 is 0 Å². The molecule has 0 atom stereocenters. The van der Waals surface area contributed by atoms with Crippen molar-refractivity contribution in [3.05, 3.63) is 87.5 Å². The Morgan fingerprint density at radius 1 is 0.913 bits per heavy atom. The number of esters is 1. The van der Waals surface area contributed by atoms with Crippen LogP contribution in [0.4, 0.5) is 0 Å². The molecule has 0 N–H and O–H groups in total. The van der Waals surface area contributed by atoms with Crippen LogP contribution >= 0.6 is 22.6 Å². The summed E-state index contributed by atoms with van der Waals surface area (Å²) in [4.78, 5) is 12.4. The molecule has 0 fully saturated rings. The van der Waals surface area contributed by atoms with Gasteiger partial charge in [-0.25, -0.2) is 4.79 Å². The van der Waals surface area contributed by atoms with Crippen LogP contribution in [0.25, 0.3) is 11.1 Å². The van der Waals surface area contributed by atoms with Crippen molar-refractivity contribution in [2.24, 2.45) is 0 Å². The van der Waals surface area contributed by atoms with Gasteiger partial charge in [0.05, 0.1) is 5.56 Å². The van der Waals surface area contributed by atoms with Crippen LogP contribution in [0.15, 0.2) is 72.8 Å². The van der Waals surface area contributed by atoms with Gasteiger partial charge in [0.2, 0.25) is 0 Å². The highest BCUT2D eigenvalue weighted by atomic mass is 127. The van der Waals surface area contributed by atoms with Crippen LogP contribution in [0.1, 0.15) is 15.9 Å². The Hall–Kier alpha value is -2.14. The zero-order valence-electron chi connectivity index (χ0n) is 12.6. The first-order chi connectivity index (χ1) is 11.1. The van der Waals surface area contributed by atoms with Gasteiger partial charge in [0.15, 0.2) is 0 Å². The van der Waals surface area contributed by atoms with Gasteiger partial charge < -0.3 is 4.74 Å². The van der Waals surface area contributed by atoms with Gasteiger partial charge in [0.25, 0.3) is 0 Å². The van der Waals surface area contributed by atoms with E-state index in [0.29, 0.717) is 11.3 Å². The summed E-state index contributed by atoms with van der Waals surface area (Å²) in [7, 11) is 0. The van der Waals surface area contributed by atoms with Crippen molar-refractivity contribution in [2.45, 2.75) is 6.92 Å². The molecule has 0 saturated carbocycles. The average Bonchev–Trinajstić information content (AvgIpc) is 2.58. The van der Waals surface area contributed by atoms with Crippen LogP contribution in [0.5, 0.6) is 5.75 Å². The molecule has 0 bridgehead atoms. The first kappa shape index (κ1) is 15.7. The lowest BCUT2D eigenvalue weighted by Crippen LogP contribution is -2.09. The highest BCUT2D eigenvalue weighted by molar-refractivity contribution is 14.1. The Morgan fingerprint density at radius 3 is 2.35 bits per heavy atom. The number of benzene rings is 3. The third kappa shape index (κ3) is 3.62. The maximum Gasteiger partial charge on any atom is 0.343 e. The molecule has 0 aromatic heterocycles. The summed E-state index contributed by atoms with van der Waals surface area (Å²) in [5.41, 5.74) is 3.63. The summed E-state index contributed by atoms with van der Waals surface area (Å²) in [6.45, 7) is 2.02. The highest BCUT2D eigenvalue weighted by Crippen LogP contribution is 2.30. The topological polar surface area (TPSA) is 26.3 Å². The van der Waals surface area contributed by atoms with E-state index in [2.05, 4.69) is 22.6 Å². The van der Waals surface area contributed by atoms with Crippen LogP contribution in [-0.4, -0.2) is 5.97 Å². The van der Waals surface area contributed by atoms with Gasteiger partial charge in [-0.15, -0.1) is 0 Å². The van der Waals surface area contributed by atoms with Crippen molar-refractivity contribution in [2.75, 3.05) is 0 Å². The van der Waals surface area contributed by atoms with Crippen LogP contribution in [0.3, 0.4) is 0 Å². The zero-order valence-corrected chi connectivity index (χ0v) is 14.8. The lowest BCUT2D eigenvalue weighted by Gasteiger charge is -2.10. The van der Waals surface area contributed by atoms with E-state index in [1.54, 1.807) is 6.07 Å². The normalized spacial score (nSPS) is 10.3. The number of rotatable bonds is 3. The van der Waals surface area contributed by atoms with E-state index in [-0.39, 0.29) is 5.97 Å². The standard InChI is InChI=1S/C20H15IO2/c1-14-11-12-16(13-18(14)21)20(22)23-19-10-6-5-9-17(19)15-7-3-2-4-8-15/h2-13H,1H3. The van der Waals surface area contributed by atoms with E-state index in [1.807, 2.05) is 73.7 Å². The molecule has 0 aliphatic heterocycles. The van der Waals surface area contributed by atoms with Gasteiger partial charge in [-0.1, -0.05) is 54.6 Å². The zero-order chi connectivity index (χ0) is 16.2. The minimum atomic E-state index is -0.341. The van der Waals surface area contributed by atoms with E-state index in [9.17, 15) is 4.79 Å². The molecule has 3 heteroatoms. The number of hydrogen-bond donors (Lipinski definition) is 0. The second kappa shape index (κ2) is 6.96. The van der Waals surface area contributed by atoms with E-state index in [0.717, 1.165) is 20.3 Å². The second-order valence-corrected chi connectivity index (χ2v) is 6.38. The van der Waals surface area contributed by atoms with Crippen molar-refractivity contribution in [3.63, 3.8) is 0 Å². The molecule has 0 unspecified atom stereocenters. The Bertz CT molecular complexity index is 841. The van der Waals surface area contributed by atoms with E-state index in [4.69, 9.17) is 4.74 Å². The fourth-order valence-electron chi connectivity index (χ4n) is 2.29. The molecule has 3 rings (SSSR count). The van der Waals surface area contributed by atoms with Crippen molar-refractivity contribution >= 4 is 28.6 Å². The molecular formula is C20H15IO2. The smallest absolute Gasteiger partial charge is 0.343 e. The lowest BCUT2D eigenvalue weighted by atomic mass is 10.0. The molecular weight excluding hydrogens is 399 g/mol. The monoisotopic (exact) mass is 414 g/mol. The molecule has 0 saturated heterocycles. The molecule has 0 heterocycles. The predicted octanol–water partition coefficient (Wildman–Crippen LogP) is 5.49. The van der Waals surface area contributed by atoms with Gasteiger partial charge in [-0.2, -0.15) is 0 Å². The Morgan fingerprint density at radius 2 is 1.61 bits per heavy atom. The van der Waals surface area contributed by atoms with Gasteiger partial charge >= 0.3 is 5.97 Å². The summed E-state index contributed by atoms with van der Waals surface area (Å²) in [6.07, 6.45) is 0. The molecule has 114 valence electrons. The van der Waals surface area contributed by atoms with Crippen LogP contribution in [0.2, 0.25) is 0 Å². The molecule has 0 spiro atoms. The Balaban J connectivity index is 1.91. The molecule has 3 aromatic rings. The number of para-hydroxylation sites is 1. The minimum absolute atomic E-state index is 0.341. The van der Waals surface area contributed by atoms with Crippen LogP contribution in [0, 0.1) is 10.5 Å². The summed E-state index contributed by atoms with van der Waals surface area (Å²) >= 11 is 2.22. The maximum atomic E-state index is 12.4. The van der Waals surface area contributed by atoms with Crippen molar-refractivity contribution in [1.82, 2.24) is 0 Å². The number of hydrogen-bond acceptors (Lipinski definition) is 2. The molecule has 2 nitrogen and oxygen atoms in total. The first-order valence-electron chi connectivity index (χ1n) is 7.28. The van der Waals surface area contributed by atoms with Crippen molar-refractivity contribution in [1.29, 1.82) is 0 Å². The predicted molar refractivity (Wildman–Crippen MR) is 101 cm³/mol. The summed E-state index contributed by atoms with van der Waals surface area (Å²) < 4.78 is 6.69. The summed E-state index contributed by atoms with van der Waals surface area (Å²) in [5, 5.41) is 0.